The smallest absolute Gasteiger partial charge is 0.494 e. The van der Waals surface area contributed by atoms with E-state index < -0.39 is 30.3 Å². The van der Waals surface area contributed by atoms with E-state index in [0.717, 1.165) is 28.0 Å². The van der Waals surface area contributed by atoms with Crippen molar-refractivity contribution in [2.24, 2.45) is 0 Å². The molecule has 0 saturated heterocycles. The normalized spacial score (nSPS) is 12.4. The molecule has 2 heterocycles. The Kier molecular flexibility index (Phi) is 5.49. The lowest BCUT2D eigenvalue weighted by Crippen LogP contribution is -2.15. The van der Waals surface area contributed by atoms with E-state index in [1.165, 1.54) is 0 Å². The highest BCUT2D eigenvalue weighted by Crippen LogP contribution is 2.46. The molecule has 0 aliphatic rings. The average molecular weight is 437 g/mol. The number of thiophene rings is 1. The average Bonchev–Trinajstić information content (AvgIpc) is 3.23. The number of alkyl halides is 7. The molecular formula is C16H9AlF7N2OS. The van der Waals surface area contributed by atoms with Crippen molar-refractivity contribution in [2.45, 2.75) is 19.0 Å². The molecule has 2 aromatic heterocycles. The molecule has 0 N–H and O–H groups in total. The SMILES string of the molecule is FCc1sc(-c2ccccc2)c(-n2cc(C(F)(F)F)c(C(F)(F)F)n2)c1[O][AlH]. The molecule has 0 fully saturated rings. The van der Waals surface area contributed by atoms with Gasteiger partial charge in [-0.25, -0.2) is 9.07 Å². The lowest BCUT2D eigenvalue weighted by molar-refractivity contribution is -0.163. The van der Waals surface area contributed by atoms with Gasteiger partial charge in [-0.2, -0.15) is 31.4 Å². The second kappa shape index (κ2) is 7.42. The number of benzene rings is 1. The highest BCUT2D eigenvalue weighted by molar-refractivity contribution is 7.16. The fourth-order valence-corrected chi connectivity index (χ4v) is 4.09. The summed E-state index contributed by atoms with van der Waals surface area (Å²) in [4.78, 5) is 0.265. The van der Waals surface area contributed by atoms with Crippen molar-refractivity contribution in [1.82, 2.24) is 9.78 Å². The minimum absolute atomic E-state index is 0.0291. The fraction of sp³-hybridized carbons (Fsp3) is 0.188. The molecule has 0 aliphatic carbocycles. The zero-order valence-corrected chi connectivity index (χ0v) is 16.0. The third kappa shape index (κ3) is 3.76. The third-order valence-electron chi connectivity index (χ3n) is 3.73. The van der Waals surface area contributed by atoms with Crippen LogP contribution in [-0.2, 0) is 19.0 Å². The maximum Gasteiger partial charge on any atom is 0.494 e. The van der Waals surface area contributed by atoms with Gasteiger partial charge in [0.25, 0.3) is 0 Å². The topological polar surface area (TPSA) is 27.1 Å². The summed E-state index contributed by atoms with van der Waals surface area (Å²) < 4.78 is 97.8. The monoisotopic (exact) mass is 437 g/mol. The number of hydrogen-bond acceptors (Lipinski definition) is 3. The molecule has 3 nitrogen and oxygen atoms in total. The maximum absolute atomic E-state index is 13.4. The lowest BCUT2D eigenvalue weighted by atomic mass is 10.1. The molecule has 0 amide bonds. The Labute approximate surface area is 166 Å². The predicted molar refractivity (Wildman–Crippen MR) is 89.5 cm³/mol. The van der Waals surface area contributed by atoms with Gasteiger partial charge < -0.3 is 3.79 Å². The largest absolute Gasteiger partial charge is 0.648 e. The van der Waals surface area contributed by atoms with Gasteiger partial charge in [-0.1, -0.05) is 30.3 Å². The van der Waals surface area contributed by atoms with Crippen LogP contribution in [-0.4, -0.2) is 26.4 Å². The summed E-state index contributed by atoms with van der Waals surface area (Å²) in [6.45, 7) is -1.00. The summed E-state index contributed by atoms with van der Waals surface area (Å²) in [6.07, 6.45) is -10.4. The van der Waals surface area contributed by atoms with Crippen molar-refractivity contribution < 1.29 is 34.5 Å². The van der Waals surface area contributed by atoms with E-state index in [1.54, 1.807) is 30.3 Å². The molecule has 3 rings (SSSR count). The summed E-state index contributed by atoms with van der Waals surface area (Å²) >= 11 is 1.80. The van der Waals surface area contributed by atoms with E-state index in [0.29, 0.717) is 10.2 Å². The van der Waals surface area contributed by atoms with E-state index in [4.69, 9.17) is 3.79 Å². The van der Waals surface area contributed by atoms with E-state index in [1.807, 2.05) is 0 Å². The fourth-order valence-electron chi connectivity index (χ4n) is 2.59. The quantitative estimate of drug-likeness (QED) is 0.409. The first-order chi connectivity index (χ1) is 13.1. The molecule has 28 heavy (non-hydrogen) atoms. The minimum Gasteiger partial charge on any atom is -0.648 e. The van der Waals surface area contributed by atoms with Gasteiger partial charge in [0, 0.05) is 6.20 Å². The van der Waals surface area contributed by atoms with Crippen LogP contribution in [0.15, 0.2) is 36.5 Å². The Bertz CT molecular complexity index is 948. The van der Waals surface area contributed by atoms with E-state index in [2.05, 4.69) is 5.10 Å². The van der Waals surface area contributed by atoms with Gasteiger partial charge in [0.2, 0.25) is 0 Å². The van der Waals surface area contributed by atoms with Crippen molar-refractivity contribution in [3.63, 3.8) is 0 Å². The Morgan fingerprint density at radius 1 is 1.04 bits per heavy atom. The van der Waals surface area contributed by atoms with Crippen LogP contribution in [0.2, 0.25) is 0 Å². The standard InChI is InChI=1S/C16H9F7N2OS.Al.H/c17-6-10-12(26)11(13(27-10)8-4-2-1-3-5-8)25-7-9(15(18,19)20)14(24-25)16(21,22)23;;/h1-5,7,26H,6H2;;/q;+1;/p-1. The van der Waals surface area contributed by atoms with Gasteiger partial charge in [-0.05, 0) is 5.56 Å². The molecular weight excluding hydrogens is 428 g/mol. The van der Waals surface area contributed by atoms with Crippen LogP contribution in [0, 0.1) is 0 Å². The Hall–Kier alpha value is -2.03. The van der Waals surface area contributed by atoms with Gasteiger partial charge in [0.1, 0.15) is 23.7 Å². The first kappa shape index (κ1) is 20.7. The second-order valence-electron chi connectivity index (χ2n) is 5.51. The number of aromatic nitrogens is 2. The number of rotatable bonds is 4. The van der Waals surface area contributed by atoms with Gasteiger partial charge in [-0.3, -0.25) is 0 Å². The number of hydrogen-bond donors (Lipinski definition) is 0. The van der Waals surface area contributed by atoms with Gasteiger partial charge in [0.15, 0.2) is 5.69 Å². The predicted octanol–water partition coefficient (Wildman–Crippen LogP) is 5.30. The Morgan fingerprint density at radius 2 is 1.68 bits per heavy atom. The van der Waals surface area contributed by atoms with Gasteiger partial charge >= 0.3 is 29.0 Å². The molecule has 0 bridgehead atoms. The Balaban J connectivity index is 2.32. The number of halogens is 7. The number of nitrogens with zero attached hydrogens (tertiary/aromatic N) is 2. The minimum atomic E-state index is -5.32. The summed E-state index contributed by atoms with van der Waals surface area (Å²) in [6, 6.07) is 8.14. The molecule has 0 spiro atoms. The van der Waals surface area contributed by atoms with E-state index >= 15 is 0 Å². The second-order valence-corrected chi connectivity index (χ2v) is 6.90. The lowest BCUT2D eigenvalue weighted by Gasteiger charge is -2.09. The molecule has 3 aromatic rings. The molecule has 12 heteroatoms. The highest BCUT2D eigenvalue weighted by Gasteiger charge is 2.47. The van der Waals surface area contributed by atoms with Crippen molar-refractivity contribution in [2.75, 3.05) is 0 Å². The van der Waals surface area contributed by atoms with Crippen LogP contribution >= 0.6 is 11.3 Å². The van der Waals surface area contributed by atoms with Crippen LogP contribution in [0.25, 0.3) is 16.1 Å². The van der Waals surface area contributed by atoms with Crippen molar-refractivity contribution in [3.8, 4) is 21.9 Å². The van der Waals surface area contributed by atoms with Crippen LogP contribution in [0.4, 0.5) is 30.7 Å². The van der Waals surface area contributed by atoms with Gasteiger partial charge in [-0.15, -0.1) is 11.3 Å². The van der Waals surface area contributed by atoms with Gasteiger partial charge in [0.05, 0.1) is 9.75 Å². The summed E-state index contributed by atoms with van der Waals surface area (Å²) in [7, 11) is 0. The molecule has 147 valence electrons. The Morgan fingerprint density at radius 3 is 2.14 bits per heavy atom. The molecule has 0 aliphatic heterocycles. The van der Waals surface area contributed by atoms with E-state index in [9.17, 15) is 30.7 Å². The third-order valence-corrected chi connectivity index (χ3v) is 5.19. The molecule has 0 unspecified atom stereocenters. The highest BCUT2D eigenvalue weighted by atomic mass is 32.1. The molecule has 1 aromatic carbocycles. The molecule has 0 atom stereocenters. The maximum atomic E-state index is 13.4. The first-order valence-corrected chi connectivity index (χ1v) is 8.90. The first-order valence-electron chi connectivity index (χ1n) is 7.51. The van der Waals surface area contributed by atoms with Crippen molar-refractivity contribution in [3.05, 3.63) is 52.7 Å². The van der Waals surface area contributed by atoms with Crippen LogP contribution in [0.1, 0.15) is 16.1 Å². The summed E-state index contributed by atoms with van der Waals surface area (Å²) in [5, 5.41) is 3.14. The van der Waals surface area contributed by atoms with Crippen LogP contribution in [0.3, 0.4) is 0 Å². The summed E-state index contributed by atoms with van der Waals surface area (Å²) in [5.41, 5.74) is -3.71. The summed E-state index contributed by atoms with van der Waals surface area (Å²) in [5.74, 6) is -0.158. The van der Waals surface area contributed by atoms with Crippen LogP contribution in [0.5, 0.6) is 5.75 Å². The van der Waals surface area contributed by atoms with Crippen molar-refractivity contribution in [1.29, 1.82) is 0 Å². The zero-order valence-electron chi connectivity index (χ0n) is 13.7. The zero-order chi connectivity index (χ0) is 20.7. The van der Waals surface area contributed by atoms with Crippen molar-refractivity contribution >= 4 is 28.0 Å². The van der Waals surface area contributed by atoms with E-state index in [-0.39, 0.29) is 27.4 Å². The van der Waals surface area contributed by atoms with Crippen LogP contribution < -0.4 is 3.79 Å². The molecule has 0 saturated carbocycles. The molecule has 1 radical (unpaired) electrons.